The fourth-order valence-electron chi connectivity index (χ4n) is 4.71. The molecule has 1 atom stereocenters. The van der Waals surface area contributed by atoms with E-state index in [4.69, 9.17) is 17.8 Å². The minimum absolute atomic E-state index is 0.236. The number of hydrogen-bond donors (Lipinski definition) is 0. The number of aromatic nitrogens is 2. The summed E-state index contributed by atoms with van der Waals surface area (Å²) < 4.78 is 183. The van der Waals surface area contributed by atoms with Crippen LogP contribution in [0.5, 0.6) is 0 Å². The van der Waals surface area contributed by atoms with Crippen molar-refractivity contribution in [3.63, 3.8) is 0 Å². The van der Waals surface area contributed by atoms with Gasteiger partial charge in [0.2, 0.25) is 5.91 Å². The van der Waals surface area contributed by atoms with Gasteiger partial charge < -0.3 is 14.4 Å². The zero-order chi connectivity index (χ0) is 47.8. The van der Waals surface area contributed by atoms with E-state index in [9.17, 15) is 29.9 Å². The summed E-state index contributed by atoms with van der Waals surface area (Å²) in [6.45, 7) is -7.33. The van der Waals surface area contributed by atoms with E-state index in [1.54, 1.807) is 0 Å². The fourth-order valence-corrected chi connectivity index (χ4v) is 5.58. The van der Waals surface area contributed by atoms with Gasteiger partial charge in [-0.2, -0.15) is 18.2 Å². The lowest BCUT2D eigenvalue weighted by Crippen LogP contribution is -2.40. The predicted octanol–water partition coefficient (Wildman–Crippen LogP) is 7.47. The molecule has 1 unspecified atom stereocenters. The van der Waals surface area contributed by atoms with Gasteiger partial charge in [-0.3, -0.25) is 9.59 Å². The van der Waals surface area contributed by atoms with Gasteiger partial charge in [0.15, 0.2) is 5.16 Å². The summed E-state index contributed by atoms with van der Waals surface area (Å²) in [4.78, 5) is 33.5. The molecular weight excluding hydrogens is 640 g/mol. The second kappa shape index (κ2) is 15.5. The van der Waals surface area contributed by atoms with Gasteiger partial charge in [0.25, 0.3) is 5.56 Å². The molecule has 6 nitrogen and oxygen atoms in total. The van der Waals surface area contributed by atoms with Gasteiger partial charge in [0.05, 0.1) is 13.8 Å². The van der Waals surface area contributed by atoms with Gasteiger partial charge in [-0.25, -0.2) is 4.39 Å². The van der Waals surface area contributed by atoms with Crippen LogP contribution >= 0.6 is 11.8 Å². The standard InChI is InChI=1S/C37H40F4N4O2S/c1-4-43(5-2)18-19-44(22-26-6-10-28(11-7-26)29-12-14-30(15-13-29)37(39,40)41)34(46)23-45-33-21-25(3)20-32(33)35(47)42-36(45)48-24-27-8-16-31(38)17-9-27/h6-17,25H,4-5,18-24H2,1-3H3/i4D2,5D2,8D,9D,16D,17D,20D2,21D2,22D2,25D. The third-order valence-corrected chi connectivity index (χ3v) is 8.14. The first kappa shape index (κ1) is 20.5. The van der Waals surface area contributed by atoms with E-state index in [1.165, 1.54) is 36.4 Å². The summed E-state index contributed by atoms with van der Waals surface area (Å²) in [7, 11) is 0. The summed E-state index contributed by atoms with van der Waals surface area (Å²) in [5.41, 5.74) is -4.00. The number of carbonyl (C=O) groups is 1. The molecule has 0 spiro atoms. The summed E-state index contributed by atoms with van der Waals surface area (Å²) >= 11 is 0.455. The highest BCUT2D eigenvalue weighted by Crippen LogP contribution is 2.32. The topological polar surface area (TPSA) is 58.4 Å². The quantitative estimate of drug-likeness (QED) is 0.0826. The van der Waals surface area contributed by atoms with E-state index < -0.39 is 139 Å². The van der Waals surface area contributed by atoms with Crippen LogP contribution in [0, 0.1) is 11.7 Å². The maximum absolute atomic E-state index is 14.8. The number of carbonyl (C=O) groups excluding carboxylic acids is 1. The highest BCUT2D eigenvalue weighted by Gasteiger charge is 2.30. The molecule has 0 fully saturated rings. The number of hydrogen-bond acceptors (Lipinski definition) is 5. The van der Waals surface area contributed by atoms with Crippen molar-refractivity contribution in [1.29, 1.82) is 0 Å². The van der Waals surface area contributed by atoms with Gasteiger partial charge in [0, 0.05) is 48.9 Å². The molecule has 1 aliphatic rings. The summed E-state index contributed by atoms with van der Waals surface area (Å²) in [5.74, 6) is -6.06. The van der Waals surface area contributed by atoms with E-state index in [-0.39, 0.29) is 5.56 Å². The van der Waals surface area contributed by atoms with Crippen molar-refractivity contribution < 1.29 is 42.9 Å². The van der Waals surface area contributed by atoms with Crippen molar-refractivity contribution in [2.75, 3.05) is 26.1 Å². The number of benzene rings is 3. The van der Waals surface area contributed by atoms with Crippen molar-refractivity contribution >= 4 is 17.7 Å². The predicted molar refractivity (Wildman–Crippen MR) is 181 cm³/mol. The first-order chi connectivity index (χ1) is 28.6. The van der Waals surface area contributed by atoms with Crippen molar-refractivity contribution in [3.05, 3.63) is 117 Å². The number of nitrogens with zero attached hydrogens (tertiary/aromatic N) is 4. The molecule has 3 aromatic carbocycles. The summed E-state index contributed by atoms with van der Waals surface area (Å²) in [6.07, 6.45) is -10.7. The largest absolute Gasteiger partial charge is 0.416 e. The van der Waals surface area contributed by atoms with Crippen LogP contribution in [-0.2, 0) is 42.5 Å². The summed E-state index contributed by atoms with van der Waals surface area (Å²) in [6, 6.07) is 5.62. The van der Waals surface area contributed by atoms with Crippen molar-refractivity contribution in [2.45, 2.75) is 63.6 Å². The fraction of sp³-hybridized carbons (Fsp3) is 0.378. The molecule has 11 heteroatoms. The van der Waals surface area contributed by atoms with Gasteiger partial charge >= 0.3 is 6.18 Å². The zero-order valence-electron chi connectivity index (χ0n) is 41.0. The molecule has 0 radical (unpaired) electrons. The third kappa shape index (κ3) is 8.73. The SMILES string of the molecule is [2H]c1c([2H])c(CSc2nc(=O)c3c(n2CC(=O)N(CCN(C([2H])([2H])C)C([2H])([2H])C)C([2H])([2H])c2ccc(-c4ccc(C(F)(F)F)cc4)cc2)C([2H])([2H])C([2H])(C)C3([2H])[2H])c([2H])c([2H])c1F. The van der Waals surface area contributed by atoms with Crippen LogP contribution in [0.2, 0.25) is 0 Å². The molecule has 0 aliphatic heterocycles. The first-order valence-electron chi connectivity index (χ1n) is 22.0. The molecule has 0 bridgehead atoms. The second-order valence-corrected chi connectivity index (χ2v) is 11.3. The van der Waals surface area contributed by atoms with E-state index in [0.717, 1.165) is 37.5 Å². The average Bonchev–Trinajstić information content (AvgIpc) is 3.27. The summed E-state index contributed by atoms with van der Waals surface area (Å²) in [5, 5.41) is -0.580. The van der Waals surface area contributed by atoms with E-state index in [1.807, 2.05) is 0 Å². The van der Waals surface area contributed by atoms with Crippen LogP contribution in [0.4, 0.5) is 17.6 Å². The monoisotopic (exact) mass is 695 g/mol. The zero-order valence-corrected chi connectivity index (χ0v) is 26.8. The van der Waals surface area contributed by atoms with Crippen LogP contribution < -0.4 is 5.56 Å². The van der Waals surface area contributed by atoms with Crippen molar-refractivity contribution in [2.24, 2.45) is 5.89 Å². The lowest BCUT2D eigenvalue weighted by molar-refractivity contribution is -0.137. The Morgan fingerprint density at radius 1 is 1.02 bits per heavy atom. The van der Waals surface area contributed by atoms with Gasteiger partial charge in [-0.1, -0.05) is 81.0 Å². The van der Waals surface area contributed by atoms with Crippen LogP contribution in [0.1, 0.15) is 69.3 Å². The molecule has 0 N–H and O–H groups in total. The van der Waals surface area contributed by atoms with E-state index >= 15 is 0 Å². The second-order valence-electron chi connectivity index (χ2n) is 10.4. The normalized spacial score (nSPS) is 23.5. The number of likely N-dealkylation sites (N-methyl/N-ethyl adjacent to an activating group) is 1. The highest BCUT2D eigenvalue weighted by atomic mass is 32.2. The molecule has 0 saturated carbocycles. The van der Waals surface area contributed by atoms with Crippen molar-refractivity contribution in [3.8, 4) is 11.1 Å². The average molecular weight is 696 g/mol. The number of amides is 1. The van der Waals surface area contributed by atoms with Crippen LogP contribution in [-0.4, -0.2) is 51.3 Å². The number of alkyl halides is 3. The Labute approximate surface area is 303 Å². The molecular formula is C37H40F4N4O2S. The Hall–Kier alpha value is -3.96. The molecule has 4 aromatic rings. The lowest BCUT2D eigenvalue weighted by Gasteiger charge is -2.28. The lowest BCUT2D eigenvalue weighted by atomic mass is 10.0. The Kier molecular flexibility index (Phi) is 6.63. The molecule has 1 aliphatic carbocycles. The van der Waals surface area contributed by atoms with Crippen LogP contribution in [0.15, 0.2) is 82.7 Å². The minimum Gasteiger partial charge on any atom is -0.336 e. The van der Waals surface area contributed by atoms with Crippen molar-refractivity contribution in [1.82, 2.24) is 19.4 Å². The maximum Gasteiger partial charge on any atom is 0.416 e. The number of rotatable bonds is 13. The molecule has 0 saturated heterocycles. The Balaban J connectivity index is 1.66. The Bertz CT molecular complexity index is 2430. The molecule has 1 amide bonds. The van der Waals surface area contributed by atoms with Gasteiger partial charge in [-0.15, -0.1) is 0 Å². The molecule has 1 heterocycles. The molecule has 48 heavy (non-hydrogen) atoms. The number of halogens is 4. The molecule has 5 rings (SSSR count). The highest BCUT2D eigenvalue weighted by molar-refractivity contribution is 7.98. The Morgan fingerprint density at radius 3 is 2.25 bits per heavy atom. The van der Waals surface area contributed by atoms with Gasteiger partial charge in [-0.05, 0) is 78.1 Å². The Morgan fingerprint density at radius 2 is 1.65 bits per heavy atom. The maximum atomic E-state index is 14.8. The van der Waals surface area contributed by atoms with Gasteiger partial charge in [0.1, 0.15) is 12.4 Å². The number of thioether (sulfide) groups is 1. The van der Waals surface area contributed by atoms with Crippen LogP contribution in [0.25, 0.3) is 11.1 Å². The smallest absolute Gasteiger partial charge is 0.336 e. The first-order valence-corrected chi connectivity index (χ1v) is 15.5. The molecule has 1 aromatic heterocycles. The minimum atomic E-state index is -4.60. The number of fused-ring (bicyclic) bond motifs is 1. The molecule has 254 valence electrons. The van der Waals surface area contributed by atoms with E-state index in [2.05, 4.69) is 4.98 Å². The third-order valence-electron chi connectivity index (χ3n) is 7.13. The van der Waals surface area contributed by atoms with E-state index in [0.29, 0.717) is 32.7 Å². The van der Waals surface area contributed by atoms with Crippen LogP contribution in [0.3, 0.4) is 0 Å².